The van der Waals surface area contributed by atoms with Gasteiger partial charge < -0.3 is 10.2 Å². The SMILES string of the molecule is Cc1ccc(NC(=O)[C@H](C)[S@@](=O)CCCC(=O)N(C)C)cc1C. The first kappa shape index (κ1) is 19.4. The molecule has 0 unspecified atom stereocenters. The second-order valence-corrected chi connectivity index (χ2v) is 7.78. The monoisotopic (exact) mass is 338 g/mol. The third-order valence-electron chi connectivity index (χ3n) is 3.77. The van der Waals surface area contributed by atoms with Gasteiger partial charge in [0.05, 0.1) is 0 Å². The van der Waals surface area contributed by atoms with Crippen LogP contribution in [0.1, 0.15) is 30.9 Å². The Balaban J connectivity index is 2.50. The molecule has 0 saturated carbocycles. The number of rotatable bonds is 7. The third kappa shape index (κ3) is 6.14. The molecule has 128 valence electrons. The van der Waals surface area contributed by atoms with E-state index < -0.39 is 16.0 Å². The minimum atomic E-state index is -1.29. The number of benzene rings is 1. The van der Waals surface area contributed by atoms with Gasteiger partial charge in [-0.25, -0.2) is 0 Å². The fraction of sp³-hybridized carbons (Fsp3) is 0.529. The van der Waals surface area contributed by atoms with Crippen molar-refractivity contribution in [2.45, 2.75) is 38.9 Å². The summed E-state index contributed by atoms with van der Waals surface area (Å²) in [6, 6.07) is 5.68. The summed E-state index contributed by atoms with van der Waals surface area (Å²) in [5, 5.41) is 2.20. The molecule has 0 aromatic heterocycles. The van der Waals surface area contributed by atoms with E-state index in [2.05, 4.69) is 5.32 Å². The maximum Gasteiger partial charge on any atom is 0.239 e. The van der Waals surface area contributed by atoms with Crippen molar-refractivity contribution in [3.05, 3.63) is 29.3 Å². The lowest BCUT2D eigenvalue weighted by molar-refractivity contribution is -0.128. The Bertz CT molecular complexity index is 600. The predicted octanol–water partition coefficient (Wildman–Crippen LogP) is 2.25. The van der Waals surface area contributed by atoms with Crippen LogP contribution in [0.25, 0.3) is 0 Å². The highest BCUT2D eigenvalue weighted by Gasteiger charge is 2.20. The molecular weight excluding hydrogens is 312 g/mol. The van der Waals surface area contributed by atoms with Gasteiger partial charge in [0.1, 0.15) is 5.25 Å². The van der Waals surface area contributed by atoms with Crippen molar-refractivity contribution in [1.82, 2.24) is 4.90 Å². The Labute approximate surface area is 140 Å². The van der Waals surface area contributed by atoms with Crippen LogP contribution in [-0.4, -0.2) is 46.0 Å². The first-order valence-electron chi connectivity index (χ1n) is 7.67. The van der Waals surface area contributed by atoms with Crippen LogP contribution in [-0.2, 0) is 20.4 Å². The highest BCUT2D eigenvalue weighted by Crippen LogP contribution is 2.15. The van der Waals surface area contributed by atoms with Gasteiger partial charge in [-0.05, 0) is 50.5 Å². The second kappa shape index (κ2) is 8.82. The number of amides is 2. The topological polar surface area (TPSA) is 66.5 Å². The Morgan fingerprint density at radius 2 is 1.87 bits per heavy atom. The molecule has 2 atom stereocenters. The smallest absolute Gasteiger partial charge is 0.239 e. The molecule has 1 N–H and O–H groups in total. The number of nitrogens with one attached hydrogen (secondary N) is 1. The summed E-state index contributed by atoms with van der Waals surface area (Å²) >= 11 is 0. The van der Waals surface area contributed by atoms with Crippen molar-refractivity contribution >= 4 is 28.3 Å². The summed E-state index contributed by atoms with van der Waals surface area (Å²) < 4.78 is 12.2. The van der Waals surface area contributed by atoms with Crippen LogP contribution in [0.2, 0.25) is 0 Å². The molecule has 0 fully saturated rings. The number of nitrogens with zero attached hydrogens (tertiary/aromatic N) is 1. The molecule has 1 aromatic rings. The molecular formula is C17H26N2O3S. The highest BCUT2D eigenvalue weighted by atomic mass is 32.2. The first-order chi connectivity index (χ1) is 10.7. The molecule has 0 radical (unpaired) electrons. The zero-order valence-electron chi connectivity index (χ0n) is 14.5. The molecule has 23 heavy (non-hydrogen) atoms. The zero-order chi connectivity index (χ0) is 17.6. The van der Waals surface area contributed by atoms with Crippen molar-refractivity contribution in [3.8, 4) is 0 Å². The van der Waals surface area contributed by atoms with Gasteiger partial charge in [-0.2, -0.15) is 0 Å². The molecule has 0 aliphatic carbocycles. The second-order valence-electron chi connectivity index (χ2n) is 5.91. The average molecular weight is 338 g/mol. The van der Waals surface area contributed by atoms with Crippen LogP contribution in [0.5, 0.6) is 0 Å². The summed E-state index contributed by atoms with van der Waals surface area (Å²) in [4.78, 5) is 25.2. The minimum Gasteiger partial charge on any atom is -0.349 e. The van der Waals surface area contributed by atoms with Crippen LogP contribution in [0.4, 0.5) is 5.69 Å². The van der Waals surface area contributed by atoms with E-state index in [1.165, 1.54) is 4.90 Å². The molecule has 2 amide bonds. The number of carbonyl (C=O) groups excluding carboxylic acids is 2. The molecule has 1 rings (SSSR count). The predicted molar refractivity (Wildman–Crippen MR) is 94.9 cm³/mol. The van der Waals surface area contributed by atoms with Crippen molar-refractivity contribution in [2.75, 3.05) is 25.2 Å². The lowest BCUT2D eigenvalue weighted by atomic mass is 10.1. The maximum atomic E-state index is 12.2. The summed E-state index contributed by atoms with van der Waals surface area (Å²) in [6.45, 7) is 5.64. The van der Waals surface area contributed by atoms with Crippen molar-refractivity contribution in [1.29, 1.82) is 0 Å². The Hall–Kier alpha value is -1.69. The van der Waals surface area contributed by atoms with Crippen LogP contribution < -0.4 is 5.32 Å². The standard InChI is InChI=1S/C17H26N2O3S/c1-12-8-9-15(11-13(12)2)18-17(21)14(3)23(22)10-6-7-16(20)19(4)5/h8-9,11,14H,6-7,10H2,1-5H3,(H,18,21)/t14-,23-/m0/s1. The van der Waals surface area contributed by atoms with E-state index in [-0.39, 0.29) is 11.8 Å². The zero-order valence-corrected chi connectivity index (χ0v) is 15.3. The van der Waals surface area contributed by atoms with Crippen molar-refractivity contribution < 1.29 is 13.8 Å². The largest absolute Gasteiger partial charge is 0.349 e. The van der Waals surface area contributed by atoms with Gasteiger partial charge in [-0.1, -0.05) is 6.07 Å². The average Bonchev–Trinajstić information content (AvgIpc) is 2.49. The van der Waals surface area contributed by atoms with Crippen LogP contribution in [0.15, 0.2) is 18.2 Å². The number of hydrogen-bond donors (Lipinski definition) is 1. The van der Waals surface area contributed by atoms with Gasteiger partial charge in [0.2, 0.25) is 11.8 Å². The fourth-order valence-electron chi connectivity index (χ4n) is 1.95. The summed E-state index contributed by atoms with van der Waals surface area (Å²) in [5.41, 5.74) is 2.97. The molecule has 0 saturated heterocycles. The van der Waals surface area contributed by atoms with E-state index in [1.807, 2.05) is 32.0 Å². The summed E-state index contributed by atoms with van der Waals surface area (Å²) in [7, 11) is 2.10. The number of hydrogen-bond acceptors (Lipinski definition) is 3. The van der Waals surface area contributed by atoms with Crippen LogP contribution in [0, 0.1) is 13.8 Å². The molecule has 5 nitrogen and oxygen atoms in total. The van der Waals surface area contributed by atoms with E-state index in [9.17, 15) is 13.8 Å². The quantitative estimate of drug-likeness (QED) is 0.829. The highest BCUT2D eigenvalue weighted by molar-refractivity contribution is 7.86. The normalized spacial score (nSPS) is 13.3. The van der Waals surface area contributed by atoms with Gasteiger partial charge in [-0.15, -0.1) is 0 Å². The van der Waals surface area contributed by atoms with Gasteiger partial charge in [-0.3, -0.25) is 13.8 Å². The third-order valence-corrected chi connectivity index (χ3v) is 5.47. The van der Waals surface area contributed by atoms with Crippen LogP contribution in [0.3, 0.4) is 0 Å². The Kier molecular flexibility index (Phi) is 7.42. The molecule has 0 bridgehead atoms. The van der Waals surface area contributed by atoms with Gasteiger partial charge in [0, 0.05) is 42.8 Å². The van der Waals surface area contributed by atoms with E-state index in [4.69, 9.17) is 0 Å². The maximum absolute atomic E-state index is 12.2. The van der Waals surface area contributed by atoms with E-state index in [0.717, 1.165) is 11.1 Å². The van der Waals surface area contributed by atoms with Gasteiger partial charge >= 0.3 is 0 Å². The van der Waals surface area contributed by atoms with Crippen molar-refractivity contribution in [2.24, 2.45) is 0 Å². The Morgan fingerprint density at radius 3 is 2.43 bits per heavy atom. The fourth-order valence-corrected chi connectivity index (χ4v) is 3.03. The molecule has 0 heterocycles. The number of aryl methyl sites for hydroxylation is 2. The Morgan fingerprint density at radius 1 is 1.22 bits per heavy atom. The van der Waals surface area contributed by atoms with E-state index in [0.29, 0.717) is 24.3 Å². The van der Waals surface area contributed by atoms with Crippen molar-refractivity contribution in [3.63, 3.8) is 0 Å². The number of anilines is 1. The first-order valence-corrected chi connectivity index (χ1v) is 9.06. The lowest BCUT2D eigenvalue weighted by Crippen LogP contribution is -2.30. The number of carbonyl (C=O) groups is 2. The summed E-state index contributed by atoms with van der Waals surface area (Å²) in [6.07, 6.45) is 0.870. The molecule has 1 aromatic carbocycles. The van der Waals surface area contributed by atoms with Gasteiger partial charge in [0.25, 0.3) is 0 Å². The minimum absolute atomic E-state index is 0.00855. The lowest BCUT2D eigenvalue weighted by Gasteiger charge is -2.14. The van der Waals surface area contributed by atoms with E-state index in [1.54, 1.807) is 21.0 Å². The molecule has 0 spiro atoms. The van der Waals surface area contributed by atoms with E-state index >= 15 is 0 Å². The van der Waals surface area contributed by atoms with Gasteiger partial charge in [0.15, 0.2) is 0 Å². The summed E-state index contributed by atoms with van der Waals surface area (Å²) in [5.74, 6) is 0.0981. The van der Waals surface area contributed by atoms with Crippen LogP contribution >= 0.6 is 0 Å². The molecule has 0 aliphatic rings. The molecule has 6 heteroatoms. The molecule has 0 aliphatic heterocycles.